The molecule has 0 aliphatic rings. The number of rotatable bonds is 8. The molecule has 0 spiro atoms. The zero-order valence-corrected chi connectivity index (χ0v) is 9.33. The van der Waals surface area contributed by atoms with Crippen LogP contribution in [0.1, 0.15) is 52.4 Å². The van der Waals surface area contributed by atoms with Crippen LogP contribution in [0.2, 0.25) is 0 Å². The fraction of sp³-hybridized carbons (Fsp3) is 0.750. The van der Waals surface area contributed by atoms with E-state index < -0.39 is 5.97 Å². The molecule has 0 radical (unpaired) electrons. The van der Waals surface area contributed by atoms with Crippen molar-refractivity contribution in [2.75, 3.05) is 0 Å². The molecule has 14 heavy (non-hydrogen) atoms. The number of allylic oxidation sites excluding steroid dienone is 2. The van der Waals surface area contributed by atoms with E-state index in [4.69, 9.17) is 5.11 Å². The second-order valence-corrected chi connectivity index (χ2v) is 3.63. The van der Waals surface area contributed by atoms with E-state index in [1.807, 2.05) is 6.92 Å². The van der Waals surface area contributed by atoms with Crippen molar-refractivity contribution >= 4 is 5.97 Å². The zero-order chi connectivity index (χ0) is 10.8. The number of hydrogen-bond acceptors (Lipinski definition) is 1. The standard InChI is InChI=1S/C12H22O2/c1-3-5-6-7-8-10-11(9-4-2)12(13)14/h5-6,11H,3-4,7-10H2,1-2H3,(H,13,14). The number of aliphatic carboxylic acids is 1. The lowest BCUT2D eigenvalue weighted by atomic mass is 9.97. The SMILES string of the molecule is CCC=CCCCC(CCC)C(=O)O. The van der Waals surface area contributed by atoms with Crippen LogP contribution in [0.5, 0.6) is 0 Å². The first-order valence-electron chi connectivity index (χ1n) is 5.60. The Kier molecular flexibility index (Phi) is 8.30. The lowest BCUT2D eigenvalue weighted by Gasteiger charge is -2.09. The predicted octanol–water partition coefficient (Wildman–Crippen LogP) is 3.62. The number of carboxylic acids is 1. The molecule has 0 fully saturated rings. The zero-order valence-electron chi connectivity index (χ0n) is 9.33. The van der Waals surface area contributed by atoms with Gasteiger partial charge in [0.05, 0.1) is 5.92 Å². The third kappa shape index (κ3) is 6.70. The van der Waals surface area contributed by atoms with Crippen LogP contribution in [0, 0.1) is 5.92 Å². The Bertz CT molecular complexity index is 173. The van der Waals surface area contributed by atoms with E-state index in [0.717, 1.165) is 38.5 Å². The van der Waals surface area contributed by atoms with E-state index in [-0.39, 0.29) is 5.92 Å². The molecule has 82 valence electrons. The summed E-state index contributed by atoms with van der Waals surface area (Å²) >= 11 is 0. The minimum atomic E-state index is -0.633. The van der Waals surface area contributed by atoms with Gasteiger partial charge < -0.3 is 5.11 Å². The summed E-state index contributed by atoms with van der Waals surface area (Å²) in [6, 6.07) is 0. The lowest BCUT2D eigenvalue weighted by molar-refractivity contribution is -0.142. The molecule has 1 unspecified atom stereocenters. The van der Waals surface area contributed by atoms with E-state index in [0.29, 0.717) is 0 Å². The van der Waals surface area contributed by atoms with Gasteiger partial charge in [-0.2, -0.15) is 0 Å². The predicted molar refractivity (Wildman–Crippen MR) is 59.3 cm³/mol. The maximum atomic E-state index is 10.8. The molecule has 0 aromatic heterocycles. The molecule has 0 saturated heterocycles. The number of hydrogen-bond donors (Lipinski definition) is 1. The molecule has 1 N–H and O–H groups in total. The Morgan fingerprint density at radius 3 is 2.50 bits per heavy atom. The van der Waals surface area contributed by atoms with Crippen molar-refractivity contribution < 1.29 is 9.90 Å². The molecule has 0 rings (SSSR count). The molecule has 0 aliphatic heterocycles. The van der Waals surface area contributed by atoms with Gasteiger partial charge in [-0.25, -0.2) is 0 Å². The van der Waals surface area contributed by atoms with Crippen molar-refractivity contribution in [1.29, 1.82) is 0 Å². The highest BCUT2D eigenvalue weighted by Gasteiger charge is 2.14. The molecule has 0 saturated carbocycles. The van der Waals surface area contributed by atoms with Gasteiger partial charge in [0.15, 0.2) is 0 Å². The van der Waals surface area contributed by atoms with Crippen molar-refractivity contribution in [2.45, 2.75) is 52.4 Å². The second kappa shape index (κ2) is 8.79. The molecular formula is C12H22O2. The molecule has 0 aromatic rings. The molecular weight excluding hydrogens is 176 g/mol. The Balaban J connectivity index is 3.60. The van der Waals surface area contributed by atoms with Gasteiger partial charge in [-0.3, -0.25) is 4.79 Å². The molecule has 2 nitrogen and oxygen atoms in total. The third-order valence-electron chi connectivity index (χ3n) is 2.31. The first-order chi connectivity index (χ1) is 6.72. The average molecular weight is 198 g/mol. The highest BCUT2D eigenvalue weighted by molar-refractivity contribution is 5.69. The fourth-order valence-electron chi connectivity index (χ4n) is 1.51. The number of carbonyl (C=O) groups is 1. The summed E-state index contributed by atoms with van der Waals surface area (Å²) in [5.74, 6) is -0.763. The van der Waals surface area contributed by atoms with Gasteiger partial charge in [0.1, 0.15) is 0 Å². The van der Waals surface area contributed by atoms with Crippen molar-refractivity contribution in [1.82, 2.24) is 0 Å². The summed E-state index contributed by atoms with van der Waals surface area (Å²) < 4.78 is 0. The van der Waals surface area contributed by atoms with Gasteiger partial charge in [0, 0.05) is 0 Å². The minimum Gasteiger partial charge on any atom is -0.481 e. The Morgan fingerprint density at radius 2 is 2.00 bits per heavy atom. The molecule has 0 aliphatic carbocycles. The molecule has 0 bridgehead atoms. The lowest BCUT2D eigenvalue weighted by Crippen LogP contribution is -2.13. The van der Waals surface area contributed by atoms with Crippen LogP contribution < -0.4 is 0 Å². The molecule has 1 atom stereocenters. The van der Waals surface area contributed by atoms with Gasteiger partial charge >= 0.3 is 5.97 Å². The quantitative estimate of drug-likeness (QED) is 0.477. The number of unbranched alkanes of at least 4 members (excludes halogenated alkanes) is 1. The van der Waals surface area contributed by atoms with Crippen molar-refractivity contribution in [2.24, 2.45) is 5.92 Å². The Hall–Kier alpha value is -0.790. The summed E-state index contributed by atoms with van der Waals surface area (Å²) in [5.41, 5.74) is 0. The number of carboxylic acid groups (broad SMARTS) is 1. The van der Waals surface area contributed by atoms with Gasteiger partial charge in [0.2, 0.25) is 0 Å². The van der Waals surface area contributed by atoms with Gasteiger partial charge in [-0.15, -0.1) is 0 Å². The average Bonchev–Trinajstić information content (AvgIpc) is 2.15. The van der Waals surface area contributed by atoms with Crippen molar-refractivity contribution in [3.05, 3.63) is 12.2 Å². The fourth-order valence-corrected chi connectivity index (χ4v) is 1.51. The first kappa shape index (κ1) is 13.2. The van der Waals surface area contributed by atoms with Gasteiger partial charge in [-0.1, -0.05) is 32.4 Å². The van der Waals surface area contributed by atoms with Crippen LogP contribution >= 0.6 is 0 Å². The van der Waals surface area contributed by atoms with Crippen LogP contribution in [0.15, 0.2) is 12.2 Å². The topological polar surface area (TPSA) is 37.3 Å². The van der Waals surface area contributed by atoms with Crippen LogP contribution in [-0.2, 0) is 4.79 Å². The minimum absolute atomic E-state index is 0.130. The second-order valence-electron chi connectivity index (χ2n) is 3.63. The summed E-state index contributed by atoms with van der Waals surface area (Å²) in [5, 5.41) is 8.89. The molecule has 2 heteroatoms. The van der Waals surface area contributed by atoms with Crippen molar-refractivity contribution in [3.63, 3.8) is 0 Å². The first-order valence-corrected chi connectivity index (χ1v) is 5.60. The van der Waals surface area contributed by atoms with E-state index in [9.17, 15) is 4.79 Å². The third-order valence-corrected chi connectivity index (χ3v) is 2.31. The normalized spacial score (nSPS) is 13.3. The molecule has 0 heterocycles. The van der Waals surface area contributed by atoms with E-state index in [1.165, 1.54) is 0 Å². The van der Waals surface area contributed by atoms with Gasteiger partial charge in [0.25, 0.3) is 0 Å². The maximum Gasteiger partial charge on any atom is 0.306 e. The Morgan fingerprint density at radius 1 is 1.29 bits per heavy atom. The largest absolute Gasteiger partial charge is 0.481 e. The molecule has 0 aromatic carbocycles. The molecule has 0 amide bonds. The summed E-state index contributed by atoms with van der Waals surface area (Å²) in [6.07, 6.45) is 9.94. The smallest absolute Gasteiger partial charge is 0.306 e. The maximum absolute atomic E-state index is 10.8. The van der Waals surface area contributed by atoms with E-state index >= 15 is 0 Å². The monoisotopic (exact) mass is 198 g/mol. The Labute approximate surface area is 87.0 Å². The highest BCUT2D eigenvalue weighted by atomic mass is 16.4. The van der Waals surface area contributed by atoms with Crippen LogP contribution in [0.25, 0.3) is 0 Å². The summed E-state index contributed by atoms with van der Waals surface area (Å²) in [4.78, 5) is 10.8. The van der Waals surface area contributed by atoms with Gasteiger partial charge in [-0.05, 0) is 32.1 Å². The highest BCUT2D eigenvalue weighted by Crippen LogP contribution is 2.15. The van der Waals surface area contributed by atoms with E-state index in [1.54, 1.807) is 0 Å². The van der Waals surface area contributed by atoms with Crippen LogP contribution in [0.3, 0.4) is 0 Å². The summed E-state index contributed by atoms with van der Waals surface area (Å²) in [6.45, 7) is 4.14. The van der Waals surface area contributed by atoms with Crippen LogP contribution in [-0.4, -0.2) is 11.1 Å². The summed E-state index contributed by atoms with van der Waals surface area (Å²) in [7, 11) is 0. The van der Waals surface area contributed by atoms with Crippen LogP contribution in [0.4, 0.5) is 0 Å². The van der Waals surface area contributed by atoms with E-state index in [2.05, 4.69) is 19.1 Å². The van der Waals surface area contributed by atoms with Crippen molar-refractivity contribution in [3.8, 4) is 0 Å².